The van der Waals surface area contributed by atoms with Crippen LogP contribution in [0.1, 0.15) is 33.6 Å². The number of Topliss-reactive ketones (excluding diaryl/α,β-unsaturated/α-hetero) is 1. The molecule has 6 heteroatoms. The number of amides is 1. The molecule has 0 N–H and O–H groups in total. The minimum Gasteiger partial charge on any atom is -0.548 e. The molecule has 3 unspecified atom stereocenters. The zero-order chi connectivity index (χ0) is 14.4. The van der Waals surface area contributed by atoms with Gasteiger partial charge < -0.3 is 14.6 Å². The van der Waals surface area contributed by atoms with Gasteiger partial charge in [0, 0.05) is 19.4 Å². The second kappa shape index (κ2) is 4.51. The fourth-order valence-corrected chi connectivity index (χ4v) is 2.93. The zero-order valence-electron chi connectivity index (χ0n) is 11.3. The highest BCUT2D eigenvalue weighted by Crippen LogP contribution is 2.40. The van der Waals surface area contributed by atoms with Gasteiger partial charge in [0.1, 0.15) is 11.4 Å². The highest BCUT2D eigenvalue weighted by Gasteiger charge is 2.50. The predicted molar refractivity (Wildman–Crippen MR) is 63.0 cm³/mol. The van der Waals surface area contributed by atoms with Crippen molar-refractivity contribution >= 4 is 17.8 Å². The Kier molecular flexibility index (Phi) is 3.28. The van der Waals surface area contributed by atoms with Gasteiger partial charge in [-0.1, -0.05) is 0 Å². The predicted octanol–water partition coefficient (Wildman–Crippen LogP) is -0.0491. The Bertz CT molecular complexity index is 425. The topological polar surface area (TPSA) is 86.7 Å². The number of carboxylic acid groups (broad SMARTS) is 1. The molecule has 0 aromatic carbocycles. The molecule has 1 aliphatic carbocycles. The third-order valence-electron chi connectivity index (χ3n) is 3.60. The van der Waals surface area contributed by atoms with Gasteiger partial charge in [0.2, 0.25) is 0 Å². The van der Waals surface area contributed by atoms with Crippen LogP contribution in [-0.4, -0.2) is 40.9 Å². The van der Waals surface area contributed by atoms with Crippen LogP contribution in [0.2, 0.25) is 0 Å². The number of rotatable bonds is 1. The Hall–Kier alpha value is -1.59. The summed E-state index contributed by atoms with van der Waals surface area (Å²) in [6, 6.07) is -1.05. The summed E-state index contributed by atoms with van der Waals surface area (Å²) in [6.07, 6.45) is -0.0976. The number of aliphatic carboxylic acids is 1. The normalized spacial score (nSPS) is 30.4. The number of ketones is 1. The first-order valence-electron chi connectivity index (χ1n) is 6.41. The van der Waals surface area contributed by atoms with Crippen LogP contribution in [-0.2, 0) is 14.3 Å². The van der Waals surface area contributed by atoms with Gasteiger partial charge in [-0.2, -0.15) is 0 Å². The molecule has 0 aromatic rings. The van der Waals surface area contributed by atoms with Crippen LogP contribution in [0.3, 0.4) is 0 Å². The Morgan fingerprint density at radius 3 is 2.47 bits per heavy atom. The third kappa shape index (κ3) is 2.72. The summed E-state index contributed by atoms with van der Waals surface area (Å²) in [4.78, 5) is 35.9. The number of ether oxygens (including phenoxy) is 1. The molecule has 1 saturated heterocycles. The van der Waals surface area contributed by atoms with Gasteiger partial charge in [0.25, 0.3) is 0 Å². The Balaban J connectivity index is 2.16. The SMILES string of the molecule is CC(C)(C)OC(=O)N1CC2CC(=O)CC2C1C(=O)[O-]. The highest BCUT2D eigenvalue weighted by atomic mass is 16.6. The number of carboxylic acids is 1. The first-order chi connectivity index (χ1) is 8.69. The van der Waals surface area contributed by atoms with E-state index in [-0.39, 0.29) is 30.6 Å². The van der Waals surface area contributed by atoms with E-state index in [9.17, 15) is 19.5 Å². The lowest BCUT2D eigenvalue weighted by Gasteiger charge is -2.30. The minimum atomic E-state index is -1.31. The van der Waals surface area contributed by atoms with Gasteiger partial charge >= 0.3 is 6.09 Å². The molecule has 1 amide bonds. The standard InChI is InChI=1S/C13H19NO5/c1-13(2,3)19-12(18)14-6-7-4-8(15)5-9(7)10(14)11(16)17/h7,9-10H,4-6H2,1-3H3,(H,16,17)/p-1. The number of carbonyl (C=O) groups is 3. The minimum absolute atomic E-state index is 0.0603. The molecule has 6 nitrogen and oxygen atoms in total. The van der Waals surface area contributed by atoms with Gasteiger partial charge in [-0.15, -0.1) is 0 Å². The van der Waals surface area contributed by atoms with Crippen molar-refractivity contribution in [3.05, 3.63) is 0 Å². The summed E-state index contributed by atoms with van der Waals surface area (Å²) >= 11 is 0. The van der Waals surface area contributed by atoms with E-state index in [4.69, 9.17) is 4.74 Å². The van der Waals surface area contributed by atoms with Crippen LogP contribution < -0.4 is 5.11 Å². The molecule has 0 aromatic heterocycles. The summed E-state index contributed by atoms with van der Waals surface area (Å²) in [5.41, 5.74) is -0.679. The van der Waals surface area contributed by atoms with E-state index in [1.54, 1.807) is 20.8 Å². The number of likely N-dealkylation sites (tertiary alicyclic amines) is 1. The molecule has 0 bridgehead atoms. The first-order valence-corrected chi connectivity index (χ1v) is 6.41. The van der Waals surface area contributed by atoms with E-state index in [1.165, 1.54) is 4.90 Å². The van der Waals surface area contributed by atoms with Crippen molar-refractivity contribution in [3.8, 4) is 0 Å². The van der Waals surface area contributed by atoms with Crippen molar-refractivity contribution in [2.24, 2.45) is 11.8 Å². The van der Waals surface area contributed by atoms with Gasteiger partial charge in [0.05, 0.1) is 12.0 Å². The van der Waals surface area contributed by atoms with Crippen LogP contribution in [0.25, 0.3) is 0 Å². The van der Waals surface area contributed by atoms with Crippen molar-refractivity contribution in [1.29, 1.82) is 0 Å². The fourth-order valence-electron chi connectivity index (χ4n) is 2.93. The lowest BCUT2D eigenvalue weighted by atomic mass is 9.94. The van der Waals surface area contributed by atoms with Crippen LogP contribution in [0.4, 0.5) is 4.79 Å². The number of carbonyl (C=O) groups excluding carboxylic acids is 3. The number of nitrogens with zero attached hydrogens (tertiary/aromatic N) is 1. The quantitative estimate of drug-likeness (QED) is 0.665. The summed E-state index contributed by atoms with van der Waals surface area (Å²) in [5.74, 6) is -1.66. The second-order valence-electron chi connectivity index (χ2n) is 6.27. The van der Waals surface area contributed by atoms with Crippen molar-refractivity contribution in [2.45, 2.75) is 45.3 Å². The Morgan fingerprint density at radius 1 is 1.32 bits per heavy atom. The smallest absolute Gasteiger partial charge is 0.410 e. The van der Waals surface area contributed by atoms with Crippen molar-refractivity contribution in [1.82, 2.24) is 4.90 Å². The van der Waals surface area contributed by atoms with Gasteiger partial charge in [-0.25, -0.2) is 4.79 Å². The van der Waals surface area contributed by atoms with Crippen LogP contribution >= 0.6 is 0 Å². The van der Waals surface area contributed by atoms with Gasteiger partial charge in [-0.05, 0) is 32.6 Å². The maximum Gasteiger partial charge on any atom is 0.410 e. The molecular weight excluding hydrogens is 250 g/mol. The molecule has 0 spiro atoms. The molecule has 1 heterocycles. The lowest BCUT2D eigenvalue weighted by molar-refractivity contribution is -0.311. The molecule has 106 valence electrons. The molecule has 3 atom stereocenters. The van der Waals surface area contributed by atoms with Gasteiger partial charge in [-0.3, -0.25) is 9.69 Å². The molecular formula is C13H18NO5-. The second-order valence-corrected chi connectivity index (χ2v) is 6.27. The average Bonchev–Trinajstić information content (AvgIpc) is 2.69. The van der Waals surface area contributed by atoms with E-state index in [0.717, 1.165) is 0 Å². The molecule has 1 saturated carbocycles. The zero-order valence-corrected chi connectivity index (χ0v) is 11.3. The summed E-state index contributed by atoms with van der Waals surface area (Å²) in [6.45, 7) is 5.42. The largest absolute Gasteiger partial charge is 0.548 e. The van der Waals surface area contributed by atoms with Crippen LogP contribution in [0.5, 0.6) is 0 Å². The molecule has 1 aliphatic heterocycles. The third-order valence-corrected chi connectivity index (χ3v) is 3.60. The first kappa shape index (κ1) is 13.8. The summed E-state index contributed by atoms with van der Waals surface area (Å²) in [5, 5.41) is 11.3. The van der Waals surface area contributed by atoms with E-state index >= 15 is 0 Å². The number of hydrogen-bond acceptors (Lipinski definition) is 5. The van der Waals surface area contributed by atoms with E-state index in [1.807, 2.05) is 0 Å². The lowest BCUT2D eigenvalue weighted by Crippen LogP contribution is -2.51. The van der Waals surface area contributed by atoms with E-state index in [2.05, 4.69) is 0 Å². The monoisotopic (exact) mass is 268 g/mol. The average molecular weight is 268 g/mol. The Labute approximate surface area is 111 Å². The maximum absolute atomic E-state index is 12.0. The summed E-state index contributed by atoms with van der Waals surface area (Å²) in [7, 11) is 0. The van der Waals surface area contributed by atoms with Crippen LogP contribution in [0.15, 0.2) is 0 Å². The van der Waals surface area contributed by atoms with Crippen molar-refractivity contribution < 1.29 is 24.2 Å². The molecule has 2 rings (SSSR count). The van der Waals surface area contributed by atoms with Crippen LogP contribution in [0, 0.1) is 11.8 Å². The van der Waals surface area contributed by atoms with E-state index < -0.39 is 23.7 Å². The highest BCUT2D eigenvalue weighted by molar-refractivity contribution is 5.86. The molecule has 0 radical (unpaired) electrons. The van der Waals surface area contributed by atoms with Crippen molar-refractivity contribution in [3.63, 3.8) is 0 Å². The van der Waals surface area contributed by atoms with Gasteiger partial charge in [0.15, 0.2) is 0 Å². The summed E-state index contributed by atoms with van der Waals surface area (Å²) < 4.78 is 5.21. The number of hydrogen-bond donors (Lipinski definition) is 0. The van der Waals surface area contributed by atoms with Crippen molar-refractivity contribution in [2.75, 3.05) is 6.54 Å². The molecule has 19 heavy (non-hydrogen) atoms. The molecule has 2 fully saturated rings. The number of fused-ring (bicyclic) bond motifs is 1. The maximum atomic E-state index is 12.0. The Morgan fingerprint density at radius 2 is 1.95 bits per heavy atom. The molecule has 2 aliphatic rings. The fraction of sp³-hybridized carbons (Fsp3) is 0.769. The van der Waals surface area contributed by atoms with E-state index in [0.29, 0.717) is 6.42 Å².